The minimum absolute atomic E-state index is 0.0471. The van der Waals surface area contributed by atoms with Crippen LogP contribution in [0.3, 0.4) is 0 Å². The summed E-state index contributed by atoms with van der Waals surface area (Å²) in [6, 6.07) is 17.7. The van der Waals surface area contributed by atoms with Crippen molar-refractivity contribution in [1.29, 1.82) is 5.26 Å². The van der Waals surface area contributed by atoms with Gasteiger partial charge in [0.1, 0.15) is 5.75 Å². The van der Waals surface area contributed by atoms with Crippen LogP contribution in [0.1, 0.15) is 23.5 Å². The topological polar surface area (TPSA) is 56.6 Å². The second-order valence-corrected chi connectivity index (χ2v) is 8.42. The molecule has 0 spiro atoms. The molecule has 4 rings (SSSR count). The number of nitriles is 1. The zero-order valence-corrected chi connectivity index (χ0v) is 17.5. The van der Waals surface area contributed by atoms with Crippen molar-refractivity contribution in [3.63, 3.8) is 0 Å². The Morgan fingerprint density at radius 2 is 1.93 bits per heavy atom. The van der Waals surface area contributed by atoms with Crippen molar-refractivity contribution in [1.82, 2.24) is 9.80 Å². The number of carbonyl (C=O) groups is 1. The fourth-order valence-corrected chi connectivity index (χ4v) is 4.94. The van der Waals surface area contributed by atoms with Crippen LogP contribution < -0.4 is 4.74 Å². The Morgan fingerprint density at radius 3 is 2.59 bits per heavy atom. The number of nitrogens with zero attached hydrogens (tertiary/aromatic N) is 3. The van der Waals surface area contributed by atoms with Crippen LogP contribution in [0.15, 0.2) is 59.1 Å². The first-order valence-corrected chi connectivity index (χ1v) is 10.6. The fraction of sp³-hybridized carbons (Fsp3) is 0.273. The predicted molar refractivity (Wildman–Crippen MR) is 114 cm³/mol. The Labute approximate surface area is 179 Å². The molecule has 1 amide bonds. The van der Waals surface area contributed by atoms with E-state index in [4.69, 9.17) is 16.3 Å². The largest absolute Gasteiger partial charge is 0.497 e. The summed E-state index contributed by atoms with van der Waals surface area (Å²) in [6.07, 6.45) is 0.297. The lowest BCUT2D eigenvalue weighted by Crippen LogP contribution is -2.46. The molecule has 2 aromatic carbocycles. The smallest absolute Gasteiger partial charge is 0.229 e. The van der Waals surface area contributed by atoms with Crippen LogP contribution in [0.4, 0.5) is 0 Å². The first-order chi connectivity index (χ1) is 14.1. The van der Waals surface area contributed by atoms with E-state index in [0.29, 0.717) is 23.7 Å². The van der Waals surface area contributed by atoms with Gasteiger partial charge in [-0.1, -0.05) is 47.6 Å². The molecular formula is C22H20ClN3O2S. The van der Waals surface area contributed by atoms with Crippen molar-refractivity contribution >= 4 is 29.3 Å². The Morgan fingerprint density at radius 1 is 1.21 bits per heavy atom. The van der Waals surface area contributed by atoms with Crippen molar-refractivity contribution in [3.05, 3.63) is 75.3 Å². The monoisotopic (exact) mass is 425 g/mol. The SMILES string of the molecule is COc1ccc(CN2CSC3=C(C#N)C(c4ccc(Cl)cc4)CC(=O)N3C2)cc1. The third-order valence-electron chi connectivity index (χ3n) is 5.19. The van der Waals surface area contributed by atoms with Gasteiger partial charge in [-0.15, -0.1) is 0 Å². The molecule has 2 heterocycles. The molecule has 1 fully saturated rings. The lowest BCUT2D eigenvalue weighted by Gasteiger charge is -2.41. The van der Waals surface area contributed by atoms with Crippen LogP contribution in [-0.4, -0.2) is 35.4 Å². The van der Waals surface area contributed by atoms with Crippen LogP contribution in [0.25, 0.3) is 0 Å². The molecule has 0 radical (unpaired) electrons. The number of thioether (sulfide) groups is 1. The van der Waals surface area contributed by atoms with Gasteiger partial charge in [-0.05, 0) is 35.4 Å². The zero-order chi connectivity index (χ0) is 20.4. The molecule has 0 aliphatic carbocycles. The number of ether oxygens (including phenoxy) is 1. The highest BCUT2D eigenvalue weighted by Gasteiger charge is 2.38. The van der Waals surface area contributed by atoms with Gasteiger partial charge < -0.3 is 4.74 Å². The van der Waals surface area contributed by atoms with E-state index in [1.807, 2.05) is 36.4 Å². The number of benzene rings is 2. The van der Waals surface area contributed by atoms with Gasteiger partial charge in [-0.2, -0.15) is 5.26 Å². The van der Waals surface area contributed by atoms with Gasteiger partial charge >= 0.3 is 0 Å². The molecule has 7 heteroatoms. The van der Waals surface area contributed by atoms with Gasteiger partial charge in [0.05, 0.1) is 36.3 Å². The molecular weight excluding hydrogens is 406 g/mol. The van der Waals surface area contributed by atoms with E-state index in [9.17, 15) is 10.1 Å². The third kappa shape index (κ3) is 4.13. The summed E-state index contributed by atoms with van der Waals surface area (Å²) in [6.45, 7) is 1.22. The first kappa shape index (κ1) is 19.8. The van der Waals surface area contributed by atoms with Gasteiger partial charge in [-0.25, -0.2) is 0 Å². The van der Waals surface area contributed by atoms with Crippen molar-refractivity contribution in [2.45, 2.75) is 18.9 Å². The first-order valence-electron chi connectivity index (χ1n) is 9.27. The molecule has 0 aromatic heterocycles. The Bertz CT molecular complexity index is 983. The molecule has 1 atom stereocenters. The van der Waals surface area contributed by atoms with E-state index in [0.717, 1.165) is 34.3 Å². The summed E-state index contributed by atoms with van der Waals surface area (Å²) < 4.78 is 5.21. The molecule has 2 aliphatic rings. The number of fused-ring (bicyclic) bond motifs is 1. The minimum atomic E-state index is -0.211. The van der Waals surface area contributed by atoms with Gasteiger partial charge in [0.15, 0.2) is 0 Å². The molecule has 1 saturated heterocycles. The molecule has 0 bridgehead atoms. The summed E-state index contributed by atoms with van der Waals surface area (Å²) >= 11 is 7.55. The lowest BCUT2D eigenvalue weighted by molar-refractivity contribution is -0.131. The van der Waals surface area contributed by atoms with Gasteiger partial charge in [-0.3, -0.25) is 14.6 Å². The highest BCUT2D eigenvalue weighted by Crippen LogP contribution is 2.42. The number of methoxy groups -OCH3 is 1. The maximum atomic E-state index is 12.9. The maximum absolute atomic E-state index is 12.9. The van der Waals surface area contributed by atoms with E-state index >= 15 is 0 Å². The second-order valence-electron chi connectivity index (χ2n) is 7.05. The van der Waals surface area contributed by atoms with Crippen LogP contribution in [0.5, 0.6) is 5.75 Å². The standard InChI is InChI=1S/C22H20ClN3O2S/c1-28-18-8-2-15(3-9-18)12-25-13-26-21(27)10-19(16-4-6-17(23)7-5-16)20(11-24)22(26)29-14-25/h2-9,19H,10,12-14H2,1H3. The number of hydrogen-bond acceptors (Lipinski definition) is 5. The average Bonchev–Trinajstić information content (AvgIpc) is 2.75. The second kappa shape index (κ2) is 8.50. The molecule has 2 aromatic rings. The van der Waals surface area contributed by atoms with Crippen molar-refractivity contribution in [3.8, 4) is 11.8 Å². The number of carbonyl (C=O) groups excluding carboxylic acids is 1. The summed E-state index contributed by atoms with van der Waals surface area (Å²) in [5, 5.41) is 11.3. The quantitative estimate of drug-likeness (QED) is 0.718. The summed E-state index contributed by atoms with van der Waals surface area (Å²) in [4.78, 5) is 16.9. The summed E-state index contributed by atoms with van der Waals surface area (Å²) in [7, 11) is 1.65. The van der Waals surface area contributed by atoms with E-state index in [1.165, 1.54) is 0 Å². The van der Waals surface area contributed by atoms with Crippen molar-refractivity contribution < 1.29 is 9.53 Å². The normalized spacial score (nSPS) is 19.7. The maximum Gasteiger partial charge on any atom is 0.229 e. The Hall–Kier alpha value is -2.46. The van der Waals surface area contributed by atoms with Crippen molar-refractivity contribution in [2.24, 2.45) is 0 Å². The predicted octanol–water partition coefficient (Wildman–Crippen LogP) is 4.56. The van der Waals surface area contributed by atoms with Gasteiger partial charge in [0.25, 0.3) is 0 Å². The molecule has 2 aliphatic heterocycles. The fourth-order valence-electron chi connectivity index (χ4n) is 3.68. The van der Waals surface area contributed by atoms with Crippen LogP contribution in [-0.2, 0) is 11.3 Å². The van der Waals surface area contributed by atoms with E-state index in [1.54, 1.807) is 35.9 Å². The van der Waals surface area contributed by atoms with Gasteiger partial charge in [0, 0.05) is 23.9 Å². The molecule has 148 valence electrons. The molecule has 29 heavy (non-hydrogen) atoms. The van der Waals surface area contributed by atoms with E-state index < -0.39 is 0 Å². The molecule has 0 saturated carbocycles. The number of halogens is 1. The van der Waals surface area contributed by atoms with Gasteiger partial charge in [0.2, 0.25) is 5.91 Å². The zero-order valence-electron chi connectivity index (χ0n) is 16.0. The van der Waals surface area contributed by atoms with E-state index in [2.05, 4.69) is 11.0 Å². The molecule has 1 unspecified atom stereocenters. The molecule has 5 nitrogen and oxygen atoms in total. The van der Waals surface area contributed by atoms with Crippen LogP contribution >= 0.6 is 23.4 Å². The third-order valence-corrected chi connectivity index (χ3v) is 6.65. The number of amides is 1. The summed E-state index contributed by atoms with van der Waals surface area (Å²) in [5.74, 6) is 1.39. The number of hydrogen-bond donors (Lipinski definition) is 0. The van der Waals surface area contributed by atoms with Crippen LogP contribution in [0.2, 0.25) is 5.02 Å². The lowest BCUT2D eigenvalue weighted by atomic mass is 9.86. The number of allylic oxidation sites excluding steroid dienone is 1. The Kier molecular flexibility index (Phi) is 5.81. The minimum Gasteiger partial charge on any atom is -0.497 e. The average molecular weight is 426 g/mol. The van der Waals surface area contributed by atoms with E-state index in [-0.39, 0.29) is 11.8 Å². The number of rotatable bonds is 4. The summed E-state index contributed by atoms with van der Waals surface area (Å²) in [5.41, 5.74) is 2.77. The highest BCUT2D eigenvalue weighted by atomic mass is 35.5. The Balaban J connectivity index is 1.54. The molecule has 0 N–H and O–H groups in total. The van der Waals surface area contributed by atoms with Crippen molar-refractivity contribution in [2.75, 3.05) is 19.7 Å². The van der Waals surface area contributed by atoms with Crippen LogP contribution in [0, 0.1) is 11.3 Å². The highest BCUT2D eigenvalue weighted by molar-refractivity contribution is 8.03.